The monoisotopic (exact) mass is 593 g/mol. The summed E-state index contributed by atoms with van der Waals surface area (Å²) < 4.78 is 19.5. The van der Waals surface area contributed by atoms with E-state index in [0.717, 1.165) is 40.1 Å². The van der Waals surface area contributed by atoms with E-state index in [-0.39, 0.29) is 5.82 Å². The lowest BCUT2D eigenvalue weighted by atomic mass is 9.90. The first-order chi connectivity index (χ1) is 20.5. The van der Waals surface area contributed by atoms with Crippen LogP contribution in [0.1, 0.15) is 49.3 Å². The number of benzene rings is 3. The summed E-state index contributed by atoms with van der Waals surface area (Å²) in [6.45, 7) is 6.19. The van der Waals surface area contributed by atoms with Crippen LogP contribution in [0.25, 0.3) is 11.1 Å². The maximum atomic E-state index is 13.5. The Kier molecular flexibility index (Phi) is 12.0. The lowest BCUT2D eigenvalue weighted by Gasteiger charge is -2.18. The van der Waals surface area contributed by atoms with Crippen molar-refractivity contribution < 1.29 is 43.9 Å². The van der Waals surface area contributed by atoms with E-state index in [2.05, 4.69) is 36.1 Å². The largest absolute Gasteiger partial charge is 0.492 e. The van der Waals surface area contributed by atoms with Gasteiger partial charge >= 0.3 is 17.9 Å². The maximum Gasteiger partial charge on any atom is 0.336 e. The number of allylic oxidation sites excluding steroid dienone is 1. The van der Waals surface area contributed by atoms with E-state index < -0.39 is 36.4 Å². The zero-order chi connectivity index (χ0) is 31.4. The number of hydrogen-bond donors (Lipinski definition) is 4. The van der Waals surface area contributed by atoms with Crippen LogP contribution in [0.3, 0.4) is 0 Å². The van der Waals surface area contributed by atoms with Gasteiger partial charge in [0, 0.05) is 6.54 Å². The van der Waals surface area contributed by atoms with Crippen LogP contribution in [0.2, 0.25) is 0 Å². The molecule has 1 fully saturated rings. The fourth-order valence-electron chi connectivity index (χ4n) is 4.78. The van der Waals surface area contributed by atoms with Gasteiger partial charge in [0.15, 0.2) is 5.60 Å². The van der Waals surface area contributed by atoms with E-state index in [4.69, 9.17) is 25.2 Å². The summed E-state index contributed by atoms with van der Waals surface area (Å²) in [6, 6.07) is 25.3. The van der Waals surface area contributed by atoms with Crippen LogP contribution in [0, 0.1) is 5.82 Å². The maximum absolute atomic E-state index is 13.5. The molecule has 0 aromatic heterocycles. The minimum atomic E-state index is -2.74. The fraction of sp³-hybridized carbons (Fsp3) is 0.303. The van der Waals surface area contributed by atoms with Crippen molar-refractivity contribution in [3.05, 3.63) is 101 Å². The molecule has 0 bridgehead atoms. The normalized spacial score (nSPS) is 13.8. The number of hydrogen-bond acceptors (Lipinski definition) is 6. The molecule has 9 nitrogen and oxygen atoms in total. The number of rotatable bonds is 12. The van der Waals surface area contributed by atoms with Crippen LogP contribution in [0.4, 0.5) is 4.39 Å². The first-order valence-electron chi connectivity index (χ1n) is 13.9. The van der Waals surface area contributed by atoms with Crippen molar-refractivity contribution in [1.29, 1.82) is 0 Å². The van der Waals surface area contributed by atoms with E-state index in [1.165, 1.54) is 38.1 Å². The number of nitrogens with zero attached hydrogens (tertiary/aromatic N) is 1. The summed E-state index contributed by atoms with van der Waals surface area (Å²) in [7, 11) is 0. The molecule has 4 N–H and O–H groups in total. The summed E-state index contributed by atoms with van der Waals surface area (Å²) in [5, 5.41) is 33.8. The molecule has 10 heteroatoms. The third-order valence-electron chi connectivity index (χ3n) is 7.02. The van der Waals surface area contributed by atoms with Crippen molar-refractivity contribution in [3.8, 4) is 5.75 Å². The number of likely N-dealkylation sites (tertiary alicyclic amines) is 1. The lowest BCUT2D eigenvalue weighted by molar-refractivity contribution is -0.170. The second-order valence-electron chi connectivity index (χ2n) is 10.3. The fourth-order valence-corrected chi connectivity index (χ4v) is 4.78. The van der Waals surface area contributed by atoms with Crippen molar-refractivity contribution in [1.82, 2.24) is 4.90 Å². The molecule has 1 saturated heterocycles. The minimum Gasteiger partial charge on any atom is -0.492 e. The van der Waals surface area contributed by atoms with Gasteiger partial charge in [0.25, 0.3) is 0 Å². The van der Waals surface area contributed by atoms with Crippen LogP contribution < -0.4 is 4.74 Å². The van der Waals surface area contributed by atoms with Crippen LogP contribution in [-0.2, 0) is 14.4 Å². The first kappa shape index (κ1) is 33.0. The molecular weight excluding hydrogens is 557 g/mol. The van der Waals surface area contributed by atoms with E-state index in [1.807, 2.05) is 42.5 Å². The molecule has 228 valence electrons. The second-order valence-corrected chi connectivity index (χ2v) is 10.3. The standard InChI is InChI=1S/C27H28FNO.C6H8O7/c1-21(22-7-3-2-4-8-22)27(23-9-13-25(28)14-10-23)24-11-15-26(16-12-24)30-20-19-29-17-5-6-18-29;7-3(8)1-6(13,5(11)12)2-4(9)10/h2-4,7-16H,5-6,17-20H2,1H3;13H,1-2H2,(H,7,8)(H,9,10)(H,11,12)/b27-21+;. The number of aliphatic hydroxyl groups is 1. The van der Waals surface area contributed by atoms with Gasteiger partial charge in [0.1, 0.15) is 18.2 Å². The van der Waals surface area contributed by atoms with Gasteiger partial charge in [-0.3, -0.25) is 14.5 Å². The number of carbonyl (C=O) groups is 3. The highest BCUT2D eigenvalue weighted by Gasteiger charge is 2.40. The van der Waals surface area contributed by atoms with Gasteiger partial charge in [-0.2, -0.15) is 0 Å². The zero-order valence-electron chi connectivity index (χ0n) is 23.9. The summed E-state index contributed by atoms with van der Waals surface area (Å²) >= 11 is 0. The molecular formula is C33H36FNO8. The number of aliphatic carboxylic acids is 3. The molecule has 0 spiro atoms. The van der Waals surface area contributed by atoms with Gasteiger partial charge in [0.2, 0.25) is 0 Å². The molecule has 0 aliphatic carbocycles. The Morgan fingerprint density at radius 1 is 0.791 bits per heavy atom. The third kappa shape index (κ3) is 10.1. The summed E-state index contributed by atoms with van der Waals surface area (Å²) in [6.07, 6.45) is 0.311. The van der Waals surface area contributed by atoms with Gasteiger partial charge in [-0.05, 0) is 85.0 Å². The molecule has 3 aromatic rings. The summed E-state index contributed by atoms with van der Waals surface area (Å²) in [4.78, 5) is 32.9. The molecule has 1 aliphatic heterocycles. The highest BCUT2D eigenvalue weighted by atomic mass is 19.1. The predicted molar refractivity (Wildman–Crippen MR) is 159 cm³/mol. The van der Waals surface area contributed by atoms with Gasteiger partial charge in [-0.15, -0.1) is 0 Å². The van der Waals surface area contributed by atoms with E-state index in [0.29, 0.717) is 6.61 Å². The Morgan fingerprint density at radius 3 is 1.79 bits per heavy atom. The van der Waals surface area contributed by atoms with Crippen molar-refractivity contribution in [2.45, 2.75) is 38.2 Å². The third-order valence-corrected chi connectivity index (χ3v) is 7.02. The first-order valence-corrected chi connectivity index (χ1v) is 13.9. The highest BCUT2D eigenvalue weighted by Crippen LogP contribution is 2.33. The Bertz CT molecular complexity index is 1380. The molecule has 3 aromatic carbocycles. The Morgan fingerprint density at radius 2 is 1.30 bits per heavy atom. The topological polar surface area (TPSA) is 145 Å². The Balaban J connectivity index is 0.000000331. The van der Waals surface area contributed by atoms with Crippen LogP contribution in [0.5, 0.6) is 5.75 Å². The van der Waals surface area contributed by atoms with Crippen molar-refractivity contribution in [3.63, 3.8) is 0 Å². The molecule has 1 aliphatic rings. The number of ether oxygens (including phenoxy) is 1. The minimum absolute atomic E-state index is 0.225. The molecule has 0 unspecified atom stereocenters. The van der Waals surface area contributed by atoms with Crippen LogP contribution in [-0.4, -0.2) is 75.1 Å². The van der Waals surface area contributed by atoms with Gasteiger partial charge in [-0.25, -0.2) is 9.18 Å². The van der Waals surface area contributed by atoms with E-state index in [9.17, 15) is 18.8 Å². The van der Waals surface area contributed by atoms with E-state index >= 15 is 0 Å². The van der Waals surface area contributed by atoms with Crippen molar-refractivity contribution in [2.75, 3.05) is 26.2 Å². The summed E-state index contributed by atoms with van der Waals surface area (Å²) in [5.41, 5.74) is 2.77. The Labute approximate surface area is 249 Å². The average molecular weight is 594 g/mol. The number of halogens is 1. The number of carboxylic acids is 3. The SMILES string of the molecule is C/C(=C(/c1ccc(F)cc1)c1ccc(OCCN2CCCC2)cc1)c1ccccc1.O=C(O)CC(O)(CC(=O)O)C(=O)O. The van der Waals surface area contributed by atoms with Crippen LogP contribution in [0.15, 0.2) is 78.9 Å². The van der Waals surface area contributed by atoms with Gasteiger partial charge < -0.3 is 25.2 Å². The summed E-state index contributed by atoms with van der Waals surface area (Å²) in [5.74, 6) is -4.36. The van der Waals surface area contributed by atoms with E-state index in [1.54, 1.807) is 0 Å². The smallest absolute Gasteiger partial charge is 0.336 e. The molecule has 0 saturated carbocycles. The van der Waals surface area contributed by atoms with Crippen LogP contribution >= 0.6 is 0 Å². The highest BCUT2D eigenvalue weighted by molar-refractivity contribution is 5.97. The zero-order valence-corrected chi connectivity index (χ0v) is 23.9. The molecule has 43 heavy (non-hydrogen) atoms. The Hall–Kier alpha value is -4.54. The van der Waals surface area contributed by atoms with Gasteiger partial charge in [0.05, 0.1) is 12.8 Å². The quantitative estimate of drug-likeness (QED) is 0.213. The second kappa shape index (κ2) is 15.6. The molecule has 0 amide bonds. The van der Waals surface area contributed by atoms with Crippen molar-refractivity contribution in [2.24, 2.45) is 0 Å². The van der Waals surface area contributed by atoms with Gasteiger partial charge in [-0.1, -0.05) is 54.6 Å². The predicted octanol–water partition coefficient (Wildman–Crippen LogP) is 5.03. The lowest BCUT2D eigenvalue weighted by Crippen LogP contribution is -2.42. The molecule has 4 rings (SSSR count). The molecule has 0 atom stereocenters. The average Bonchev–Trinajstić information content (AvgIpc) is 3.48. The molecule has 0 radical (unpaired) electrons. The molecule has 1 heterocycles. The number of carboxylic acid groups (broad SMARTS) is 3. The van der Waals surface area contributed by atoms with Crippen molar-refractivity contribution >= 4 is 29.1 Å².